The van der Waals surface area contributed by atoms with Crippen LogP contribution in [0.15, 0.2) is 24.3 Å². The van der Waals surface area contributed by atoms with Crippen LogP contribution in [0.4, 0.5) is 4.79 Å². The van der Waals surface area contributed by atoms with E-state index >= 15 is 0 Å². The molecule has 3 N–H and O–H groups in total. The average molecular weight is 393 g/mol. The van der Waals surface area contributed by atoms with Crippen molar-refractivity contribution in [3.05, 3.63) is 29.8 Å². The average Bonchev–Trinajstić information content (AvgIpc) is 2.58. The first-order valence-electron chi connectivity index (χ1n) is 8.86. The highest BCUT2D eigenvalue weighted by Gasteiger charge is 2.22. The van der Waals surface area contributed by atoms with Gasteiger partial charge in [-0.3, -0.25) is 19.7 Å². The van der Waals surface area contributed by atoms with Gasteiger partial charge in [0.25, 0.3) is 11.8 Å². The van der Waals surface area contributed by atoms with Crippen LogP contribution in [0, 0.1) is 0 Å². The number of hydrogen-bond acceptors (Lipinski definition) is 6. The van der Waals surface area contributed by atoms with Gasteiger partial charge in [-0.15, -0.1) is 0 Å². The lowest BCUT2D eigenvalue weighted by Crippen LogP contribution is -2.50. The minimum atomic E-state index is -1.20. The van der Waals surface area contributed by atoms with Crippen molar-refractivity contribution in [2.75, 3.05) is 13.2 Å². The second-order valence-electron chi connectivity index (χ2n) is 6.94. The molecule has 9 heteroatoms. The molecular weight excluding hydrogens is 366 g/mol. The molecule has 9 nitrogen and oxygen atoms in total. The molecule has 0 heterocycles. The van der Waals surface area contributed by atoms with Crippen LogP contribution < -0.4 is 20.7 Å². The van der Waals surface area contributed by atoms with Crippen molar-refractivity contribution >= 4 is 23.8 Å². The van der Waals surface area contributed by atoms with E-state index in [1.54, 1.807) is 52.0 Å². The van der Waals surface area contributed by atoms with E-state index in [4.69, 9.17) is 9.47 Å². The van der Waals surface area contributed by atoms with Crippen molar-refractivity contribution in [3.63, 3.8) is 0 Å². The summed E-state index contributed by atoms with van der Waals surface area (Å²) in [4.78, 5) is 47.6. The summed E-state index contributed by atoms with van der Waals surface area (Å²) in [5.74, 6) is -1.71. The van der Waals surface area contributed by atoms with Gasteiger partial charge in [-0.1, -0.05) is 12.1 Å². The summed E-state index contributed by atoms with van der Waals surface area (Å²) < 4.78 is 10.3. The number of rotatable bonds is 7. The molecule has 0 saturated heterocycles. The Morgan fingerprint density at radius 2 is 1.75 bits per heavy atom. The number of hydrogen-bond donors (Lipinski definition) is 3. The number of imide groups is 1. The quantitative estimate of drug-likeness (QED) is 0.601. The number of amides is 4. The fourth-order valence-electron chi connectivity index (χ4n) is 2.06. The molecule has 0 aliphatic heterocycles. The molecule has 1 rings (SSSR count). The molecule has 0 aromatic heterocycles. The van der Waals surface area contributed by atoms with Crippen LogP contribution >= 0.6 is 0 Å². The monoisotopic (exact) mass is 393 g/mol. The second-order valence-corrected chi connectivity index (χ2v) is 6.94. The molecule has 0 fully saturated rings. The maximum absolute atomic E-state index is 12.2. The maximum atomic E-state index is 12.2. The van der Waals surface area contributed by atoms with Crippen molar-refractivity contribution in [2.45, 2.75) is 46.3 Å². The van der Waals surface area contributed by atoms with Gasteiger partial charge in [-0.25, -0.2) is 4.79 Å². The number of carbonyl (C=O) groups is 4. The first-order valence-corrected chi connectivity index (χ1v) is 8.86. The molecule has 0 radical (unpaired) electrons. The minimum absolute atomic E-state index is 0.279. The van der Waals surface area contributed by atoms with Gasteiger partial charge in [0.2, 0.25) is 0 Å². The Kier molecular flexibility index (Phi) is 8.43. The Morgan fingerprint density at radius 1 is 1.11 bits per heavy atom. The number of nitrogens with one attached hydrogen (secondary N) is 3. The highest BCUT2D eigenvalue weighted by molar-refractivity contribution is 5.99. The second kappa shape index (κ2) is 10.3. The highest BCUT2D eigenvalue weighted by atomic mass is 16.5. The molecule has 1 aromatic rings. The van der Waals surface area contributed by atoms with Gasteiger partial charge < -0.3 is 20.1 Å². The Morgan fingerprint density at radius 3 is 2.36 bits per heavy atom. The molecular formula is C19H27N3O6. The molecule has 0 saturated carbocycles. The molecule has 4 amide bonds. The lowest BCUT2D eigenvalue weighted by Gasteiger charge is -2.21. The smallest absolute Gasteiger partial charge is 0.326 e. The van der Waals surface area contributed by atoms with Crippen LogP contribution in [0.3, 0.4) is 0 Å². The van der Waals surface area contributed by atoms with Gasteiger partial charge in [-0.2, -0.15) is 0 Å². The van der Waals surface area contributed by atoms with E-state index in [2.05, 4.69) is 16.0 Å². The topological polar surface area (TPSA) is 123 Å². The number of carbonyl (C=O) groups excluding carboxylic acids is 4. The van der Waals surface area contributed by atoms with Crippen molar-refractivity contribution in [1.29, 1.82) is 0 Å². The molecule has 28 heavy (non-hydrogen) atoms. The summed E-state index contributed by atoms with van der Waals surface area (Å²) in [6.45, 7) is 8.34. The molecule has 0 spiro atoms. The van der Waals surface area contributed by atoms with Crippen LogP contribution in [0.1, 0.15) is 45.0 Å². The molecule has 1 aromatic carbocycles. The van der Waals surface area contributed by atoms with Gasteiger partial charge in [0.1, 0.15) is 12.3 Å². The summed E-state index contributed by atoms with van der Waals surface area (Å²) in [5.41, 5.74) is -0.242. The standard InChI is InChI=1S/C19H27N3O6/c1-6-27-14-10-8-7-9-13(14)17(25)20-11-15(23)28-12(2)16(24)21-18(26)22-19(3,4)5/h7-10,12H,6,11H2,1-5H3,(H,20,25)(H2,21,22,24,26). The van der Waals surface area contributed by atoms with Gasteiger partial charge in [0.05, 0.1) is 12.2 Å². The van der Waals surface area contributed by atoms with E-state index < -0.39 is 42.0 Å². The molecule has 1 atom stereocenters. The van der Waals surface area contributed by atoms with Crippen molar-refractivity contribution in [3.8, 4) is 5.75 Å². The zero-order valence-corrected chi connectivity index (χ0v) is 16.8. The van der Waals surface area contributed by atoms with Gasteiger partial charge in [0, 0.05) is 5.54 Å². The van der Waals surface area contributed by atoms with Gasteiger partial charge >= 0.3 is 12.0 Å². The van der Waals surface area contributed by atoms with Crippen LogP contribution in [0.5, 0.6) is 5.75 Å². The molecule has 1 unspecified atom stereocenters. The zero-order chi connectivity index (χ0) is 21.3. The van der Waals surface area contributed by atoms with Crippen molar-refractivity contribution in [1.82, 2.24) is 16.0 Å². The van der Waals surface area contributed by atoms with E-state index in [-0.39, 0.29) is 5.56 Å². The van der Waals surface area contributed by atoms with Crippen LogP contribution in [-0.2, 0) is 14.3 Å². The number of para-hydroxylation sites is 1. The Hall–Kier alpha value is -3.10. The Balaban J connectivity index is 2.50. The van der Waals surface area contributed by atoms with Gasteiger partial charge in [0.15, 0.2) is 6.10 Å². The third-order valence-electron chi connectivity index (χ3n) is 3.23. The van der Waals surface area contributed by atoms with Crippen molar-refractivity contribution in [2.24, 2.45) is 0 Å². The molecule has 154 valence electrons. The Labute approximate surface area is 164 Å². The summed E-state index contributed by atoms with van der Waals surface area (Å²) >= 11 is 0. The fourth-order valence-corrected chi connectivity index (χ4v) is 2.06. The van der Waals surface area contributed by atoms with E-state index in [1.807, 2.05) is 0 Å². The van der Waals surface area contributed by atoms with Gasteiger partial charge in [-0.05, 0) is 46.8 Å². The van der Waals surface area contributed by atoms with Crippen LogP contribution in [-0.4, -0.2) is 48.6 Å². The first-order chi connectivity index (χ1) is 13.0. The first kappa shape index (κ1) is 22.9. The molecule has 0 bridgehead atoms. The lowest BCUT2D eigenvalue weighted by atomic mass is 10.1. The van der Waals surface area contributed by atoms with E-state index in [1.165, 1.54) is 6.92 Å². The number of ether oxygens (including phenoxy) is 2. The predicted octanol–water partition coefficient (Wildman–Crippen LogP) is 1.37. The summed E-state index contributed by atoms with van der Waals surface area (Å²) in [5, 5.41) is 7.04. The van der Waals surface area contributed by atoms with E-state index in [9.17, 15) is 19.2 Å². The highest BCUT2D eigenvalue weighted by Crippen LogP contribution is 2.17. The largest absolute Gasteiger partial charge is 0.493 e. The SMILES string of the molecule is CCOc1ccccc1C(=O)NCC(=O)OC(C)C(=O)NC(=O)NC(C)(C)C. The lowest BCUT2D eigenvalue weighted by molar-refractivity contribution is -0.153. The summed E-state index contributed by atoms with van der Waals surface area (Å²) in [6, 6.07) is 5.92. The molecule has 0 aliphatic carbocycles. The molecule has 0 aliphatic rings. The number of urea groups is 1. The van der Waals surface area contributed by atoms with E-state index in [0.717, 1.165) is 0 Å². The zero-order valence-electron chi connectivity index (χ0n) is 16.8. The maximum Gasteiger partial charge on any atom is 0.326 e. The fraction of sp³-hybridized carbons (Fsp3) is 0.474. The normalized spacial score (nSPS) is 11.8. The summed E-state index contributed by atoms with van der Waals surface area (Å²) in [7, 11) is 0. The minimum Gasteiger partial charge on any atom is -0.493 e. The Bertz CT molecular complexity index is 727. The van der Waals surface area contributed by atoms with Crippen LogP contribution in [0.2, 0.25) is 0 Å². The number of esters is 1. The van der Waals surface area contributed by atoms with E-state index in [0.29, 0.717) is 12.4 Å². The predicted molar refractivity (Wildman–Crippen MR) is 102 cm³/mol. The third-order valence-corrected chi connectivity index (χ3v) is 3.23. The van der Waals surface area contributed by atoms with Crippen LogP contribution in [0.25, 0.3) is 0 Å². The summed E-state index contributed by atoms with van der Waals surface area (Å²) in [6.07, 6.45) is -1.20. The van der Waals surface area contributed by atoms with Crippen molar-refractivity contribution < 1.29 is 28.7 Å². The number of benzene rings is 1. The third kappa shape index (κ3) is 8.07.